The zero-order chi connectivity index (χ0) is 20.4. The number of carbonyl (C=O) groups excluding carboxylic acids is 1. The minimum atomic E-state index is -0.0293. The van der Waals surface area contributed by atoms with Gasteiger partial charge in [-0.05, 0) is 60.7 Å². The summed E-state index contributed by atoms with van der Waals surface area (Å²) in [5.41, 5.74) is 2.93. The van der Waals surface area contributed by atoms with Gasteiger partial charge in [-0.3, -0.25) is 9.69 Å². The molecule has 1 aliphatic heterocycles. The van der Waals surface area contributed by atoms with Crippen LogP contribution in [0.5, 0.6) is 5.75 Å². The molecule has 1 fully saturated rings. The summed E-state index contributed by atoms with van der Waals surface area (Å²) in [6.07, 6.45) is 1.93. The summed E-state index contributed by atoms with van der Waals surface area (Å²) in [5, 5.41) is 2.86. The Kier molecular flexibility index (Phi) is 5.41. The highest BCUT2D eigenvalue weighted by molar-refractivity contribution is 8.18. The van der Waals surface area contributed by atoms with Crippen molar-refractivity contribution in [3.8, 4) is 5.75 Å². The number of amidine groups is 1. The molecule has 29 heavy (non-hydrogen) atoms. The number of ether oxygens (including phenoxy) is 1. The molecule has 0 atom stereocenters. The molecule has 1 aliphatic rings. The summed E-state index contributed by atoms with van der Waals surface area (Å²) < 4.78 is 5.58. The van der Waals surface area contributed by atoms with E-state index in [1.807, 2.05) is 74.5 Å². The number of fused-ring (bicyclic) bond motifs is 1. The van der Waals surface area contributed by atoms with E-state index in [1.165, 1.54) is 17.3 Å². The third-order valence-corrected chi connectivity index (χ3v) is 5.90. The zero-order valence-corrected chi connectivity index (χ0v) is 17.5. The fraction of sp³-hybridized carbons (Fsp3) is 0.167. The lowest BCUT2D eigenvalue weighted by atomic mass is 10.0. The average molecular weight is 403 g/mol. The molecule has 5 heteroatoms. The predicted molar refractivity (Wildman–Crippen MR) is 122 cm³/mol. The van der Waals surface area contributed by atoms with Gasteiger partial charge in [-0.1, -0.05) is 48.0 Å². The Balaban J connectivity index is 1.78. The van der Waals surface area contributed by atoms with Gasteiger partial charge in [0.15, 0.2) is 5.17 Å². The number of aryl methyl sites for hydroxylation is 1. The second-order valence-corrected chi connectivity index (χ2v) is 7.80. The Labute approximate surface area is 174 Å². The minimum absolute atomic E-state index is 0.0293. The van der Waals surface area contributed by atoms with E-state index in [-0.39, 0.29) is 5.91 Å². The van der Waals surface area contributed by atoms with Crippen molar-refractivity contribution in [1.82, 2.24) is 4.90 Å². The maximum Gasteiger partial charge on any atom is 0.266 e. The van der Waals surface area contributed by atoms with Crippen LogP contribution in [0.25, 0.3) is 16.8 Å². The molecule has 146 valence electrons. The molecule has 3 aromatic rings. The van der Waals surface area contributed by atoms with Gasteiger partial charge in [0.25, 0.3) is 5.91 Å². The highest BCUT2D eigenvalue weighted by Crippen LogP contribution is 2.37. The molecule has 0 saturated carbocycles. The Bertz CT molecular complexity index is 1130. The van der Waals surface area contributed by atoms with Crippen molar-refractivity contribution in [2.45, 2.75) is 13.8 Å². The lowest BCUT2D eigenvalue weighted by molar-refractivity contribution is -0.122. The van der Waals surface area contributed by atoms with Crippen LogP contribution in [0, 0.1) is 6.92 Å². The monoisotopic (exact) mass is 402 g/mol. The summed E-state index contributed by atoms with van der Waals surface area (Å²) in [6, 6.07) is 20.1. The van der Waals surface area contributed by atoms with Crippen LogP contribution in [0.4, 0.5) is 5.69 Å². The van der Waals surface area contributed by atoms with Crippen LogP contribution in [0.2, 0.25) is 0 Å². The van der Waals surface area contributed by atoms with Gasteiger partial charge in [0.2, 0.25) is 0 Å². The maximum atomic E-state index is 13.0. The zero-order valence-electron chi connectivity index (χ0n) is 16.7. The van der Waals surface area contributed by atoms with Crippen LogP contribution >= 0.6 is 11.8 Å². The van der Waals surface area contributed by atoms with Gasteiger partial charge in [0.05, 0.1) is 17.7 Å². The predicted octanol–water partition coefficient (Wildman–Crippen LogP) is 5.78. The highest BCUT2D eigenvalue weighted by Gasteiger charge is 2.32. The second-order valence-electron chi connectivity index (χ2n) is 6.79. The normalized spacial score (nSPS) is 16.9. The van der Waals surface area contributed by atoms with Crippen LogP contribution in [-0.4, -0.2) is 29.6 Å². The molecule has 4 rings (SSSR count). The standard InChI is InChI=1S/C24H22N2O2S/c1-4-26-23(27)22(29-24(26)25-18-12-9-16(2)10-13-18)15-20-19-8-6-5-7-17(19)11-14-21(20)28-3/h5-15H,4H2,1-3H3/b22-15-,25-24?. The number of rotatable bonds is 4. The first kappa shape index (κ1) is 19.3. The number of likely N-dealkylation sites (N-methyl/N-ethyl adjacent to an activating group) is 1. The number of thioether (sulfide) groups is 1. The quantitative estimate of drug-likeness (QED) is 0.520. The molecule has 0 aromatic heterocycles. The van der Waals surface area contributed by atoms with Crippen molar-refractivity contribution in [2.75, 3.05) is 13.7 Å². The number of hydrogen-bond acceptors (Lipinski definition) is 4. The molecule has 0 unspecified atom stereocenters. The molecule has 1 saturated heterocycles. The van der Waals surface area contributed by atoms with E-state index in [9.17, 15) is 4.79 Å². The third kappa shape index (κ3) is 3.78. The average Bonchev–Trinajstić information content (AvgIpc) is 3.04. The van der Waals surface area contributed by atoms with E-state index in [4.69, 9.17) is 9.73 Å². The SMILES string of the molecule is CCN1C(=O)/C(=C/c2c(OC)ccc3ccccc23)SC1=Nc1ccc(C)cc1. The maximum absolute atomic E-state index is 13.0. The number of amides is 1. The molecule has 0 N–H and O–H groups in total. The third-order valence-electron chi connectivity index (χ3n) is 4.89. The first-order valence-corrected chi connectivity index (χ1v) is 10.3. The van der Waals surface area contributed by atoms with Crippen LogP contribution in [-0.2, 0) is 4.79 Å². The van der Waals surface area contributed by atoms with Gasteiger partial charge < -0.3 is 4.74 Å². The Morgan fingerprint density at radius 2 is 1.83 bits per heavy atom. The Hall–Kier alpha value is -3.05. The van der Waals surface area contributed by atoms with Crippen LogP contribution in [0.3, 0.4) is 0 Å². The summed E-state index contributed by atoms with van der Waals surface area (Å²) in [6.45, 7) is 4.58. The van der Waals surface area contributed by atoms with Gasteiger partial charge >= 0.3 is 0 Å². The molecule has 1 heterocycles. The lowest BCUT2D eigenvalue weighted by Crippen LogP contribution is -2.28. The molecule has 0 aliphatic carbocycles. The van der Waals surface area contributed by atoms with Gasteiger partial charge in [-0.15, -0.1) is 0 Å². The van der Waals surface area contributed by atoms with Crippen LogP contribution in [0.15, 0.2) is 70.6 Å². The molecule has 0 spiro atoms. The van der Waals surface area contributed by atoms with Crippen molar-refractivity contribution < 1.29 is 9.53 Å². The summed E-state index contributed by atoms with van der Waals surface area (Å²) >= 11 is 1.41. The van der Waals surface area contributed by atoms with E-state index in [0.717, 1.165) is 27.8 Å². The summed E-state index contributed by atoms with van der Waals surface area (Å²) in [5.74, 6) is 0.718. The molecular formula is C24H22N2O2S. The smallest absolute Gasteiger partial charge is 0.266 e. The first-order valence-electron chi connectivity index (χ1n) is 9.53. The largest absolute Gasteiger partial charge is 0.496 e. The van der Waals surface area contributed by atoms with Crippen molar-refractivity contribution in [3.63, 3.8) is 0 Å². The van der Waals surface area contributed by atoms with Crippen molar-refractivity contribution >= 4 is 45.4 Å². The Morgan fingerprint density at radius 3 is 2.55 bits per heavy atom. The highest BCUT2D eigenvalue weighted by atomic mass is 32.2. The number of aliphatic imine (C=N–C) groups is 1. The number of methoxy groups -OCH3 is 1. The van der Waals surface area contributed by atoms with Gasteiger partial charge in [0.1, 0.15) is 5.75 Å². The number of carbonyl (C=O) groups is 1. The van der Waals surface area contributed by atoms with E-state index in [0.29, 0.717) is 16.6 Å². The number of benzene rings is 3. The number of nitrogens with zero attached hydrogens (tertiary/aromatic N) is 2. The van der Waals surface area contributed by atoms with Gasteiger partial charge in [-0.25, -0.2) is 4.99 Å². The summed E-state index contributed by atoms with van der Waals surface area (Å²) in [7, 11) is 1.65. The van der Waals surface area contributed by atoms with Crippen molar-refractivity contribution in [2.24, 2.45) is 4.99 Å². The second kappa shape index (κ2) is 8.13. The summed E-state index contributed by atoms with van der Waals surface area (Å²) in [4.78, 5) is 20.1. The lowest BCUT2D eigenvalue weighted by Gasteiger charge is -2.12. The molecule has 0 radical (unpaired) electrons. The van der Waals surface area contributed by atoms with Crippen molar-refractivity contribution in [3.05, 3.63) is 76.7 Å². The first-order chi connectivity index (χ1) is 14.1. The molecule has 4 nitrogen and oxygen atoms in total. The molecule has 1 amide bonds. The fourth-order valence-corrected chi connectivity index (χ4v) is 4.38. The van der Waals surface area contributed by atoms with Crippen molar-refractivity contribution in [1.29, 1.82) is 0 Å². The van der Waals surface area contributed by atoms with E-state index >= 15 is 0 Å². The van der Waals surface area contributed by atoms with Gasteiger partial charge in [-0.2, -0.15) is 0 Å². The molecule has 0 bridgehead atoms. The number of hydrogen-bond donors (Lipinski definition) is 0. The van der Waals surface area contributed by atoms with Crippen LogP contribution < -0.4 is 4.74 Å². The fourth-order valence-electron chi connectivity index (χ4n) is 3.33. The molecular weight excluding hydrogens is 380 g/mol. The topological polar surface area (TPSA) is 41.9 Å². The minimum Gasteiger partial charge on any atom is -0.496 e. The van der Waals surface area contributed by atoms with E-state index in [1.54, 1.807) is 12.0 Å². The Morgan fingerprint density at radius 1 is 1.07 bits per heavy atom. The van der Waals surface area contributed by atoms with Gasteiger partial charge in [0, 0.05) is 12.1 Å². The van der Waals surface area contributed by atoms with E-state index < -0.39 is 0 Å². The van der Waals surface area contributed by atoms with E-state index in [2.05, 4.69) is 6.07 Å². The molecule has 3 aromatic carbocycles. The van der Waals surface area contributed by atoms with Crippen LogP contribution in [0.1, 0.15) is 18.1 Å².